The van der Waals surface area contributed by atoms with Gasteiger partial charge in [-0.25, -0.2) is 0 Å². The number of aromatic amines is 1. The molecule has 2 heterocycles. The third-order valence-corrected chi connectivity index (χ3v) is 3.98. The minimum absolute atomic E-state index is 0.0621. The average Bonchev–Trinajstić information content (AvgIpc) is 3.00. The number of aromatic nitrogens is 1. The van der Waals surface area contributed by atoms with Crippen LogP contribution in [0.15, 0.2) is 30.3 Å². The maximum Gasteiger partial charge on any atom is 0.269 e. The predicted octanol–water partition coefficient (Wildman–Crippen LogP) is 3.45. The van der Waals surface area contributed by atoms with E-state index in [1.54, 1.807) is 12.1 Å². The number of anilines is 1. The third-order valence-electron chi connectivity index (χ3n) is 3.98. The molecule has 0 bridgehead atoms. The van der Waals surface area contributed by atoms with Crippen LogP contribution < -0.4 is 4.90 Å². The summed E-state index contributed by atoms with van der Waals surface area (Å²) in [5, 5.41) is 20.0. The summed E-state index contributed by atoms with van der Waals surface area (Å²) in [6, 6.07) is 10.4. The minimum atomic E-state index is -0.418. The van der Waals surface area contributed by atoms with Crippen molar-refractivity contribution in [3.8, 4) is 17.3 Å². The summed E-state index contributed by atoms with van der Waals surface area (Å²) in [6.07, 6.45) is 3.50. The van der Waals surface area contributed by atoms with E-state index in [9.17, 15) is 15.4 Å². The zero-order valence-corrected chi connectivity index (χ0v) is 12.1. The first-order valence-electron chi connectivity index (χ1n) is 7.32. The molecule has 6 heteroatoms. The van der Waals surface area contributed by atoms with E-state index in [0.717, 1.165) is 43.0 Å². The summed E-state index contributed by atoms with van der Waals surface area (Å²) in [5.74, 6) is 0.857. The number of hydrogen-bond acceptors (Lipinski definition) is 4. The Balaban J connectivity index is 1.93. The number of nitrogens with one attached hydrogen (secondary N) is 1. The van der Waals surface area contributed by atoms with Crippen LogP contribution in [0.25, 0.3) is 11.3 Å². The number of benzene rings is 1. The molecule has 0 spiro atoms. The molecule has 1 saturated heterocycles. The number of nitrogens with zero attached hydrogens (tertiary/aromatic N) is 3. The van der Waals surface area contributed by atoms with Crippen LogP contribution in [0, 0.1) is 21.4 Å². The van der Waals surface area contributed by atoms with Crippen LogP contribution in [0.3, 0.4) is 0 Å². The van der Waals surface area contributed by atoms with E-state index in [1.807, 2.05) is 6.07 Å². The largest absolute Gasteiger partial charge is 0.357 e. The molecule has 112 valence electrons. The maximum atomic E-state index is 10.7. The number of non-ortho nitro benzene ring substituents is 1. The van der Waals surface area contributed by atoms with Gasteiger partial charge in [-0.05, 0) is 43.0 Å². The molecule has 0 unspecified atom stereocenters. The van der Waals surface area contributed by atoms with Gasteiger partial charge in [-0.15, -0.1) is 0 Å². The lowest BCUT2D eigenvalue weighted by molar-refractivity contribution is -0.384. The molecule has 22 heavy (non-hydrogen) atoms. The van der Waals surface area contributed by atoms with Gasteiger partial charge < -0.3 is 9.88 Å². The standard InChI is InChI=1S/C16H16N4O2/c17-11-13-10-15(12-4-6-14(7-5-12)20(21)22)18-16(13)19-8-2-1-3-9-19/h4-7,10,18H,1-3,8-9H2. The maximum absolute atomic E-state index is 10.7. The van der Waals surface area contributed by atoms with Gasteiger partial charge >= 0.3 is 0 Å². The fourth-order valence-electron chi connectivity index (χ4n) is 2.81. The summed E-state index contributed by atoms with van der Waals surface area (Å²) in [6.45, 7) is 1.91. The SMILES string of the molecule is N#Cc1cc(-c2ccc([N+](=O)[O-])cc2)[nH]c1N1CCCCC1. The Morgan fingerprint density at radius 3 is 2.45 bits per heavy atom. The first kappa shape index (κ1) is 14.1. The number of nitriles is 1. The Bertz CT molecular complexity index is 722. The summed E-state index contributed by atoms with van der Waals surface area (Å²) in [5.41, 5.74) is 2.33. The van der Waals surface area contributed by atoms with Crippen molar-refractivity contribution in [3.05, 3.63) is 46.0 Å². The molecule has 0 saturated carbocycles. The monoisotopic (exact) mass is 296 g/mol. The molecule has 3 rings (SSSR count). The van der Waals surface area contributed by atoms with Gasteiger partial charge in [0.1, 0.15) is 11.9 Å². The molecule has 1 fully saturated rings. The molecule has 2 aromatic rings. The van der Waals surface area contributed by atoms with E-state index in [1.165, 1.54) is 18.6 Å². The van der Waals surface area contributed by atoms with Crippen LogP contribution in [0.4, 0.5) is 11.5 Å². The van der Waals surface area contributed by atoms with E-state index in [-0.39, 0.29) is 5.69 Å². The van der Waals surface area contributed by atoms with Crippen LogP contribution in [0.5, 0.6) is 0 Å². The molecular formula is C16H16N4O2. The van der Waals surface area contributed by atoms with Crippen LogP contribution in [0.1, 0.15) is 24.8 Å². The van der Waals surface area contributed by atoms with Gasteiger partial charge in [0, 0.05) is 30.9 Å². The van der Waals surface area contributed by atoms with Crippen molar-refractivity contribution < 1.29 is 4.92 Å². The number of hydrogen-bond donors (Lipinski definition) is 1. The number of nitro groups is 1. The molecule has 0 atom stereocenters. The summed E-state index contributed by atoms with van der Waals surface area (Å²) >= 11 is 0. The number of nitro benzene ring substituents is 1. The topological polar surface area (TPSA) is 86.0 Å². The van der Waals surface area contributed by atoms with Crippen molar-refractivity contribution in [1.82, 2.24) is 4.98 Å². The highest BCUT2D eigenvalue weighted by Gasteiger charge is 2.18. The van der Waals surface area contributed by atoms with E-state index < -0.39 is 4.92 Å². The quantitative estimate of drug-likeness (QED) is 0.694. The normalized spacial score (nSPS) is 14.6. The second-order valence-corrected chi connectivity index (χ2v) is 5.41. The van der Waals surface area contributed by atoms with Crippen molar-refractivity contribution in [2.45, 2.75) is 19.3 Å². The fourth-order valence-corrected chi connectivity index (χ4v) is 2.81. The highest BCUT2D eigenvalue weighted by Crippen LogP contribution is 2.29. The van der Waals surface area contributed by atoms with Gasteiger partial charge in [-0.2, -0.15) is 5.26 Å². The van der Waals surface area contributed by atoms with Gasteiger partial charge in [-0.3, -0.25) is 10.1 Å². The van der Waals surface area contributed by atoms with Crippen LogP contribution in [-0.4, -0.2) is 23.0 Å². The molecule has 1 aliphatic rings. The van der Waals surface area contributed by atoms with Gasteiger partial charge in [-0.1, -0.05) is 0 Å². The lowest BCUT2D eigenvalue weighted by Gasteiger charge is -2.27. The highest BCUT2D eigenvalue weighted by atomic mass is 16.6. The number of H-pyrrole nitrogens is 1. The number of piperidine rings is 1. The van der Waals surface area contributed by atoms with Crippen LogP contribution in [-0.2, 0) is 0 Å². The zero-order valence-electron chi connectivity index (χ0n) is 12.1. The van der Waals surface area contributed by atoms with Gasteiger partial charge in [0.2, 0.25) is 0 Å². The third kappa shape index (κ3) is 2.66. The first-order valence-corrected chi connectivity index (χ1v) is 7.32. The predicted molar refractivity (Wildman–Crippen MR) is 83.7 cm³/mol. The molecule has 1 N–H and O–H groups in total. The Hall–Kier alpha value is -2.81. The van der Waals surface area contributed by atoms with Crippen LogP contribution in [0.2, 0.25) is 0 Å². The summed E-state index contributed by atoms with van der Waals surface area (Å²) in [4.78, 5) is 15.8. The lowest BCUT2D eigenvalue weighted by Crippen LogP contribution is -2.30. The molecule has 1 aromatic carbocycles. The average molecular weight is 296 g/mol. The van der Waals surface area contributed by atoms with Crippen molar-refractivity contribution in [1.29, 1.82) is 5.26 Å². The van der Waals surface area contributed by atoms with E-state index in [4.69, 9.17) is 0 Å². The highest BCUT2D eigenvalue weighted by molar-refractivity contribution is 5.70. The Morgan fingerprint density at radius 1 is 1.18 bits per heavy atom. The van der Waals surface area contributed by atoms with Crippen molar-refractivity contribution in [3.63, 3.8) is 0 Å². The van der Waals surface area contributed by atoms with Gasteiger partial charge in [0.05, 0.1) is 10.5 Å². The molecule has 0 radical (unpaired) electrons. The smallest absolute Gasteiger partial charge is 0.269 e. The summed E-state index contributed by atoms with van der Waals surface area (Å²) in [7, 11) is 0. The second-order valence-electron chi connectivity index (χ2n) is 5.41. The molecule has 1 aliphatic heterocycles. The Kier molecular flexibility index (Phi) is 3.79. The number of rotatable bonds is 3. The molecule has 6 nitrogen and oxygen atoms in total. The van der Waals surface area contributed by atoms with Crippen molar-refractivity contribution in [2.75, 3.05) is 18.0 Å². The van der Waals surface area contributed by atoms with Gasteiger partial charge in [0.25, 0.3) is 5.69 Å². The molecular weight excluding hydrogens is 280 g/mol. The van der Waals surface area contributed by atoms with Crippen LogP contribution >= 0.6 is 0 Å². The Labute approximate surface area is 128 Å². The molecule has 0 amide bonds. The van der Waals surface area contributed by atoms with E-state index >= 15 is 0 Å². The zero-order chi connectivity index (χ0) is 15.5. The Morgan fingerprint density at radius 2 is 1.86 bits per heavy atom. The first-order chi connectivity index (χ1) is 10.7. The van der Waals surface area contributed by atoms with Crippen molar-refractivity contribution >= 4 is 11.5 Å². The lowest BCUT2D eigenvalue weighted by atomic mass is 10.1. The van der Waals surface area contributed by atoms with E-state index in [0.29, 0.717) is 5.56 Å². The summed E-state index contributed by atoms with van der Waals surface area (Å²) < 4.78 is 0. The van der Waals surface area contributed by atoms with Crippen molar-refractivity contribution in [2.24, 2.45) is 0 Å². The fraction of sp³-hybridized carbons (Fsp3) is 0.312. The minimum Gasteiger partial charge on any atom is -0.357 e. The molecule has 0 aliphatic carbocycles. The van der Waals surface area contributed by atoms with E-state index in [2.05, 4.69) is 16.0 Å². The molecule has 1 aromatic heterocycles. The second kappa shape index (κ2) is 5.90. The van der Waals surface area contributed by atoms with Gasteiger partial charge in [0.15, 0.2) is 0 Å².